The van der Waals surface area contributed by atoms with E-state index in [1.807, 2.05) is 0 Å². The van der Waals surface area contributed by atoms with Crippen LogP contribution in [0.15, 0.2) is 12.1 Å². The fourth-order valence-corrected chi connectivity index (χ4v) is 2.27. The minimum absolute atomic E-state index is 0.0494. The molecule has 2 rings (SSSR count). The fourth-order valence-electron chi connectivity index (χ4n) is 2.27. The molecule has 0 aromatic heterocycles. The van der Waals surface area contributed by atoms with Gasteiger partial charge in [0.1, 0.15) is 5.75 Å². The Labute approximate surface area is 121 Å². The van der Waals surface area contributed by atoms with Gasteiger partial charge in [-0.3, -0.25) is 14.9 Å². The van der Waals surface area contributed by atoms with E-state index in [1.54, 1.807) is 4.90 Å². The molecule has 1 aliphatic heterocycles. The number of nitro benzene ring substituents is 1. The van der Waals surface area contributed by atoms with Crippen LogP contribution in [0.4, 0.5) is 5.69 Å². The summed E-state index contributed by atoms with van der Waals surface area (Å²) in [5.74, 6) is -0.882. The lowest BCUT2D eigenvalue weighted by Gasteiger charge is -2.27. The molecule has 1 fully saturated rings. The van der Waals surface area contributed by atoms with E-state index < -0.39 is 16.4 Å². The molecular weight excluding hydrogens is 278 g/mol. The second kappa shape index (κ2) is 6.40. The minimum Gasteiger partial charge on any atom is -0.508 e. The molecule has 0 aliphatic carbocycles. The number of benzene rings is 1. The summed E-state index contributed by atoms with van der Waals surface area (Å²) in [7, 11) is 0. The van der Waals surface area contributed by atoms with E-state index in [4.69, 9.17) is 0 Å². The van der Waals surface area contributed by atoms with E-state index in [9.17, 15) is 25.1 Å². The van der Waals surface area contributed by atoms with Gasteiger partial charge in [-0.05, 0) is 6.42 Å². The molecule has 3 N–H and O–H groups in total. The normalized spacial score (nSPS) is 15.0. The number of nitrogens with one attached hydrogen (secondary N) is 1. The van der Waals surface area contributed by atoms with Crippen LogP contribution in [0.2, 0.25) is 0 Å². The van der Waals surface area contributed by atoms with Gasteiger partial charge in [-0.25, -0.2) is 0 Å². The zero-order valence-corrected chi connectivity index (χ0v) is 11.4. The van der Waals surface area contributed by atoms with Crippen molar-refractivity contribution in [2.75, 3.05) is 26.2 Å². The lowest BCUT2D eigenvalue weighted by Crippen LogP contribution is -2.46. The van der Waals surface area contributed by atoms with Crippen molar-refractivity contribution in [1.29, 1.82) is 0 Å². The van der Waals surface area contributed by atoms with Gasteiger partial charge in [0.25, 0.3) is 0 Å². The van der Waals surface area contributed by atoms with E-state index in [0.29, 0.717) is 13.1 Å². The molecule has 8 heteroatoms. The first-order valence-electron chi connectivity index (χ1n) is 6.67. The van der Waals surface area contributed by atoms with Gasteiger partial charge in [-0.2, -0.15) is 0 Å². The number of phenols is 2. The maximum atomic E-state index is 12.0. The van der Waals surface area contributed by atoms with Crippen LogP contribution in [0.1, 0.15) is 12.0 Å². The maximum absolute atomic E-state index is 12.0. The Morgan fingerprint density at radius 1 is 1.29 bits per heavy atom. The number of carbonyl (C=O) groups is 1. The number of hydrogen-bond acceptors (Lipinski definition) is 6. The lowest BCUT2D eigenvalue weighted by atomic mass is 10.1. The third-order valence-electron chi connectivity index (χ3n) is 3.45. The van der Waals surface area contributed by atoms with Crippen LogP contribution < -0.4 is 5.32 Å². The van der Waals surface area contributed by atoms with Gasteiger partial charge in [0, 0.05) is 50.3 Å². The smallest absolute Gasteiger partial charge is 0.311 e. The Balaban J connectivity index is 2.04. The van der Waals surface area contributed by atoms with Gasteiger partial charge in [0.05, 0.1) is 4.92 Å². The first-order valence-corrected chi connectivity index (χ1v) is 6.67. The largest absolute Gasteiger partial charge is 0.508 e. The third kappa shape index (κ3) is 3.60. The van der Waals surface area contributed by atoms with Crippen LogP contribution in [0.25, 0.3) is 0 Å². The summed E-state index contributed by atoms with van der Waals surface area (Å²) in [5, 5.41) is 33.0. The van der Waals surface area contributed by atoms with Crippen molar-refractivity contribution in [3.63, 3.8) is 0 Å². The average molecular weight is 295 g/mol. The molecule has 1 aromatic carbocycles. The summed E-state index contributed by atoms with van der Waals surface area (Å²) < 4.78 is 0. The molecule has 1 amide bonds. The molecule has 0 unspecified atom stereocenters. The average Bonchev–Trinajstić information content (AvgIpc) is 2.46. The number of rotatable bonds is 4. The number of nitrogens with zero attached hydrogens (tertiary/aromatic N) is 2. The van der Waals surface area contributed by atoms with Gasteiger partial charge in [-0.1, -0.05) is 0 Å². The highest BCUT2D eigenvalue weighted by atomic mass is 16.6. The highest BCUT2D eigenvalue weighted by Crippen LogP contribution is 2.33. The predicted molar refractivity (Wildman–Crippen MR) is 74.2 cm³/mol. The maximum Gasteiger partial charge on any atom is 0.311 e. The number of aryl methyl sites for hydroxylation is 1. The molecule has 0 bridgehead atoms. The van der Waals surface area contributed by atoms with E-state index in [1.165, 1.54) is 0 Å². The van der Waals surface area contributed by atoms with Gasteiger partial charge in [0.2, 0.25) is 5.91 Å². The van der Waals surface area contributed by atoms with Crippen molar-refractivity contribution in [3.8, 4) is 11.5 Å². The van der Waals surface area contributed by atoms with Gasteiger partial charge >= 0.3 is 5.69 Å². The van der Waals surface area contributed by atoms with E-state index in [-0.39, 0.29) is 30.1 Å². The van der Waals surface area contributed by atoms with Gasteiger partial charge in [0.15, 0.2) is 5.75 Å². The molecule has 1 saturated heterocycles. The Morgan fingerprint density at radius 2 is 1.95 bits per heavy atom. The van der Waals surface area contributed by atoms with Crippen LogP contribution in [0.5, 0.6) is 11.5 Å². The van der Waals surface area contributed by atoms with Gasteiger partial charge in [-0.15, -0.1) is 0 Å². The highest BCUT2D eigenvalue weighted by molar-refractivity contribution is 5.76. The first-order chi connectivity index (χ1) is 9.99. The quantitative estimate of drug-likeness (QED) is 0.546. The van der Waals surface area contributed by atoms with Gasteiger partial charge < -0.3 is 20.4 Å². The molecule has 0 radical (unpaired) electrons. The number of phenolic OH excluding ortho intramolecular Hbond substituents is 2. The molecule has 1 aromatic rings. The molecule has 0 spiro atoms. The van der Waals surface area contributed by atoms with E-state index >= 15 is 0 Å². The Morgan fingerprint density at radius 3 is 2.57 bits per heavy atom. The summed E-state index contributed by atoms with van der Waals surface area (Å²) in [6, 6.07) is 2.04. The Bertz CT molecular complexity index is 555. The summed E-state index contributed by atoms with van der Waals surface area (Å²) in [4.78, 5) is 23.8. The molecule has 1 heterocycles. The van der Waals surface area contributed by atoms with Crippen LogP contribution in [-0.2, 0) is 11.2 Å². The number of hydrogen-bond donors (Lipinski definition) is 3. The molecule has 0 atom stereocenters. The Hall–Kier alpha value is -2.35. The summed E-state index contributed by atoms with van der Waals surface area (Å²) >= 11 is 0. The standard InChI is InChI=1S/C13H17N3O5/c17-11-8-12(18)10(16(20)21)7-9(11)1-2-13(19)15-5-3-14-4-6-15/h7-8,14,17-18H,1-6H2. The molecule has 8 nitrogen and oxygen atoms in total. The van der Waals surface area contributed by atoms with Crippen molar-refractivity contribution in [1.82, 2.24) is 10.2 Å². The Kier molecular flexibility index (Phi) is 4.59. The number of piperazine rings is 1. The number of amides is 1. The van der Waals surface area contributed by atoms with Crippen molar-refractivity contribution in [2.45, 2.75) is 12.8 Å². The van der Waals surface area contributed by atoms with Crippen molar-refractivity contribution >= 4 is 11.6 Å². The molecule has 114 valence electrons. The molecule has 0 saturated carbocycles. The van der Waals surface area contributed by atoms with Crippen molar-refractivity contribution in [2.24, 2.45) is 0 Å². The monoisotopic (exact) mass is 295 g/mol. The second-order valence-corrected chi connectivity index (χ2v) is 4.86. The molecular formula is C13H17N3O5. The van der Waals surface area contributed by atoms with Crippen molar-refractivity contribution < 1.29 is 19.9 Å². The van der Waals surface area contributed by atoms with Crippen LogP contribution in [-0.4, -0.2) is 52.1 Å². The highest BCUT2D eigenvalue weighted by Gasteiger charge is 2.20. The number of carbonyl (C=O) groups excluding carboxylic acids is 1. The topological polar surface area (TPSA) is 116 Å². The van der Waals surface area contributed by atoms with Crippen LogP contribution in [0.3, 0.4) is 0 Å². The van der Waals surface area contributed by atoms with Crippen LogP contribution in [0, 0.1) is 10.1 Å². The zero-order valence-electron chi connectivity index (χ0n) is 11.4. The summed E-state index contributed by atoms with van der Waals surface area (Å²) in [5.41, 5.74) is -0.194. The number of aromatic hydroxyl groups is 2. The molecule has 21 heavy (non-hydrogen) atoms. The lowest BCUT2D eigenvalue weighted by molar-refractivity contribution is -0.385. The third-order valence-corrected chi connectivity index (χ3v) is 3.45. The number of nitro groups is 1. The van der Waals surface area contributed by atoms with Crippen LogP contribution >= 0.6 is 0 Å². The first kappa shape index (κ1) is 15.0. The summed E-state index contributed by atoms with van der Waals surface area (Å²) in [6.07, 6.45) is 0.352. The van der Waals surface area contributed by atoms with E-state index in [2.05, 4.69) is 5.32 Å². The predicted octanol–water partition coefficient (Wildman–Crippen LogP) is 0.370. The molecule has 1 aliphatic rings. The summed E-state index contributed by atoms with van der Waals surface area (Å²) in [6.45, 7) is 2.78. The van der Waals surface area contributed by atoms with Crippen molar-refractivity contribution in [3.05, 3.63) is 27.8 Å². The second-order valence-electron chi connectivity index (χ2n) is 4.86. The minimum atomic E-state index is -0.726. The van der Waals surface area contributed by atoms with E-state index in [0.717, 1.165) is 25.2 Å². The zero-order chi connectivity index (χ0) is 15.4. The SMILES string of the molecule is O=C(CCc1cc([N+](=O)[O-])c(O)cc1O)N1CCNCC1. The fraction of sp³-hybridized carbons (Fsp3) is 0.462.